The number of sulfone groups is 1. The van der Waals surface area contributed by atoms with Crippen LogP contribution in [0, 0.1) is 5.92 Å². The molecule has 7 nitrogen and oxygen atoms in total. The van der Waals surface area contributed by atoms with Crippen LogP contribution in [0.2, 0.25) is 0 Å². The van der Waals surface area contributed by atoms with Gasteiger partial charge in [-0.05, 0) is 48.6 Å². The quantitative estimate of drug-likeness (QED) is 0.524. The van der Waals surface area contributed by atoms with E-state index in [1.165, 1.54) is 36.0 Å². The van der Waals surface area contributed by atoms with Crippen molar-refractivity contribution in [3.8, 4) is 0 Å². The van der Waals surface area contributed by atoms with E-state index in [-0.39, 0.29) is 21.6 Å². The SMILES string of the molecule is CC[C@@H](NS(=O)(=O)c1ccc(SC)c(NC(=O)C(C)C)c1)c1ccc(S(C)(=O)=O)cc1. The summed E-state index contributed by atoms with van der Waals surface area (Å²) in [6.45, 7) is 5.36. The van der Waals surface area contributed by atoms with Crippen LogP contribution in [0.1, 0.15) is 38.8 Å². The molecule has 0 aliphatic carbocycles. The molecule has 31 heavy (non-hydrogen) atoms. The van der Waals surface area contributed by atoms with Crippen molar-refractivity contribution in [2.24, 2.45) is 5.92 Å². The number of anilines is 1. The van der Waals surface area contributed by atoms with E-state index in [2.05, 4.69) is 10.0 Å². The fourth-order valence-electron chi connectivity index (χ4n) is 2.82. The number of sulfonamides is 1. The van der Waals surface area contributed by atoms with E-state index in [1.54, 1.807) is 32.0 Å². The topological polar surface area (TPSA) is 109 Å². The number of nitrogens with one attached hydrogen (secondary N) is 2. The third-order valence-electron chi connectivity index (χ3n) is 4.68. The summed E-state index contributed by atoms with van der Waals surface area (Å²) in [5.41, 5.74) is 1.10. The maximum absolute atomic E-state index is 13.0. The van der Waals surface area contributed by atoms with Crippen LogP contribution in [0.4, 0.5) is 5.69 Å². The second-order valence-electron chi connectivity index (χ2n) is 7.43. The Morgan fingerprint density at radius 3 is 2.06 bits per heavy atom. The minimum absolute atomic E-state index is 0.0376. The van der Waals surface area contributed by atoms with Crippen LogP contribution in [0.5, 0.6) is 0 Å². The lowest BCUT2D eigenvalue weighted by atomic mass is 10.1. The average Bonchev–Trinajstić information content (AvgIpc) is 2.71. The minimum atomic E-state index is -3.89. The highest BCUT2D eigenvalue weighted by Crippen LogP contribution is 2.30. The summed E-state index contributed by atoms with van der Waals surface area (Å²) in [6, 6.07) is 10.2. The molecule has 2 aromatic rings. The van der Waals surface area contributed by atoms with E-state index in [0.717, 1.165) is 11.2 Å². The van der Waals surface area contributed by atoms with Crippen LogP contribution in [0.3, 0.4) is 0 Å². The van der Waals surface area contributed by atoms with Crippen LogP contribution in [0.15, 0.2) is 57.2 Å². The van der Waals surface area contributed by atoms with Gasteiger partial charge < -0.3 is 5.32 Å². The molecular formula is C21H28N2O5S3. The van der Waals surface area contributed by atoms with Crippen LogP contribution >= 0.6 is 11.8 Å². The molecule has 0 saturated carbocycles. The van der Waals surface area contributed by atoms with Gasteiger partial charge in [0.15, 0.2) is 9.84 Å². The smallest absolute Gasteiger partial charge is 0.241 e. The third kappa shape index (κ3) is 6.55. The Morgan fingerprint density at radius 1 is 1.00 bits per heavy atom. The molecule has 0 heterocycles. The molecule has 170 valence electrons. The highest BCUT2D eigenvalue weighted by Gasteiger charge is 2.22. The molecule has 0 fully saturated rings. The second kappa shape index (κ2) is 10.2. The number of carbonyl (C=O) groups is 1. The van der Waals surface area contributed by atoms with Gasteiger partial charge in [0, 0.05) is 23.1 Å². The molecule has 0 aromatic heterocycles. The highest BCUT2D eigenvalue weighted by atomic mass is 32.2. The van der Waals surface area contributed by atoms with Gasteiger partial charge in [0.25, 0.3) is 0 Å². The van der Waals surface area contributed by atoms with Gasteiger partial charge in [-0.1, -0.05) is 32.9 Å². The molecular weight excluding hydrogens is 456 g/mol. The average molecular weight is 485 g/mol. The molecule has 0 bridgehead atoms. The van der Waals surface area contributed by atoms with Crippen molar-refractivity contribution in [1.29, 1.82) is 0 Å². The van der Waals surface area contributed by atoms with Crippen molar-refractivity contribution >= 4 is 43.2 Å². The van der Waals surface area contributed by atoms with E-state index in [0.29, 0.717) is 17.7 Å². The largest absolute Gasteiger partial charge is 0.325 e. The number of rotatable bonds is 9. The summed E-state index contributed by atoms with van der Waals surface area (Å²) in [5, 5.41) is 2.78. The van der Waals surface area contributed by atoms with E-state index in [9.17, 15) is 21.6 Å². The number of thioether (sulfide) groups is 1. The number of carbonyl (C=O) groups excluding carboxylic acids is 1. The first-order valence-electron chi connectivity index (χ1n) is 9.70. The predicted octanol–water partition coefficient (Wildman–Crippen LogP) is 3.84. The standard InChI is InChI=1S/C21H28N2O5S3/c1-6-18(15-7-9-16(10-8-15)30(5,25)26)23-31(27,28)17-11-12-20(29-4)19(13-17)22-21(24)14(2)3/h7-14,18,23H,6H2,1-5H3,(H,22,24)/t18-/m1/s1. The van der Waals surface area contributed by atoms with E-state index < -0.39 is 25.9 Å². The van der Waals surface area contributed by atoms with E-state index >= 15 is 0 Å². The highest BCUT2D eigenvalue weighted by molar-refractivity contribution is 7.98. The van der Waals surface area contributed by atoms with Crippen LogP contribution in [0.25, 0.3) is 0 Å². The lowest BCUT2D eigenvalue weighted by molar-refractivity contribution is -0.118. The fourth-order valence-corrected chi connectivity index (χ4v) is 5.32. The molecule has 0 spiro atoms. The maximum atomic E-state index is 13.0. The maximum Gasteiger partial charge on any atom is 0.241 e. The number of hydrogen-bond donors (Lipinski definition) is 2. The van der Waals surface area contributed by atoms with Gasteiger partial charge >= 0.3 is 0 Å². The lowest BCUT2D eigenvalue weighted by Gasteiger charge is -2.19. The molecule has 0 radical (unpaired) electrons. The number of amides is 1. The molecule has 0 saturated heterocycles. The number of benzene rings is 2. The molecule has 10 heteroatoms. The summed E-state index contributed by atoms with van der Waals surface area (Å²) >= 11 is 1.41. The van der Waals surface area contributed by atoms with Crippen LogP contribution < -0.4 is 10.0 Å². The van der Waals surface area contributed by atoms with E-state index in [4.69, 9.17) is 0 Å². The van der Waals surface area contributed by atoms with Crippen molar-refractivity contribution in [2.45, 2.75) is 47.9 Å². The van der Waals surface area contributed by atoms with Gasteiger partial charge in [0.2, 0.25) is 15.9 Å². The van der Waals surface area contributed by atoms with Crippen molar-refractivity contribution in [1.82, 2.24) is 4.72 Å². The second-order valence-corrected chi connectivity index (χ2v) is 12.0. The predicted molar refractivity (Wildman–Crippen MR) is 125 cm³/mol. The Hall–Kier alpha value is -1.88. The Kier molecular flexibility index (Phi) is 8.32. The number of hydrogen-bond acceptors (Lipinski definition) is 6. The third-order valence-corrected chi connectivity index (χ3v) is 8.07. The fraction of sp³-hybridized carbons (Fsp3) is 0.381. The molecule has 1 atom stereocenters. The Labute approximate surface area is 189 Å². The van der Waals surface area contributed by atoms with Crippen molar-refractivity contribution in [3.05, 3.63) is 48.0 Å². The Bertz CT molecular complexity index is 1140. The molecule has 2 rings (SSSR count). The molecule has 2 aromatic carbocycles. The summed E-state index contributed by atoms with van der Waals surface area (Å²) in [5.74, 6) is -0.442. The Morgan fingerprint density at radius 2 is 1.58 bits per heavy atom. The molecule has 2 N–H and O–H groups in total. The van der Waals surface area contributed by atoms with E-state index in [1.807, 2.05) is 13.2 Å². The first-order chi connectivity index (χ1) is 14.4. The molecule has 1 amide bonds. The summed E-state index contributed by atoms with van der Waals surface area (Å²) < 4.78 is 52.1. The van der Waals surface area contributed by atoms with Gasteiger partial charge in [-0.2, -0.15) is 0 Å². The zero-order chi connectivity index (χ0) is 23.4. The van der Waals surface area contributed by atoms with Crippen molar-refractivity contribution in [2.75, 3.05) is 17.8 Å². The normalized spacial score (nSPS) is 13.2. The van der Waals surface area contributed by atoms with Gasteiger partial charge in [0.1, 0.15) is 0 Å². The van der Waals surface area contributed by atoms with Gasteiger partial charge in [-0.15, -0.1) is 11.8 Å². The van der Waals surface area contributed by atoms with Gasteiger partial charge in [-0.3, -0.25) is 4.79 Å². The monoisotopic (exact) mass is 484 g/mol. The summed E-state index contributed by atoms with van der Waals surface area (Å²) in [7, 11) is -7.22. The molecule has 0 unspecified atom stereocenters. The van der Waals surface area contributed by atoms with Gasteiger partial charge in [0.05, 0.1) is 15.5 Å². The van der Waals surface area contributed by atoms with Crippen molar-refractivity contribution < 1.29 is 21.6 Å². The van der Waals surface area contributed by atoms with Crippen molar-refractivity contribution in [3.63, 3.8) is 0 Å². The first-order valence-corrected chi connectivity index (χ1v) is 14.3. The summed E-state index contributed by atoms with van der Waals surface area (Å²) in [4.78, 5) is 13.1. The molecule has 0 aliphatic heterocycles. The zero-order valence-electron chi connectivity index (χ0n) is 18.2. The zero-order valence-corrected chi connectivity index (χ0v) is 20.6. The Balaban J connectivity index is 2.34. The van der Waals surface area contributed by atoms with Crippen LogP contribution in [-0.2, 0) is 24.7 Å². The van der Waals surface area contributed by atoms with Gasteiger partial charge in [-0.25, -0.2) is 21.6 Å². The molecule has 0 aliphatic rings. The summed E-state index contributed by atoms with van der Waals surface area (Å²) in [6.07, 6.45) is 3.44. The first kappa shape index (κ1) is 25.4. The minimum Gasteiger partial charge on any atom is -0.325 e. The lowest BCUT2D eigenvalue weighted by Crippen LogP contribution is -2.28. The van der Waals surface area contributed by atoms with Crippen LogP contribution in [-0.4, -0.2) is 35.3 Å².